The highest BCUT2D eigenvalue weighted by atomic mass is 32.2. The molecule has 0 saturated carbocycles. The van der Waals surface area contributed by atoms with Crippen LogP contribution in [0.15, 0.2) is 33.9 Å². The number of benzene rings is 1. The van der Waals surface area contributed by atoms with Crippen LogP contribution in [0, 0.1) is 17.7 Å². The van der Waals surface area contributed by atoms with Gasteiger partial charge in [0.05, 0.1) is 5.56 Å². The summed E-state index contributed by atoms with van der Waals surface area (Å²) in [4.78, 5) is 14.0. The van der Waals surface area contributed by atoms with E-state index < -0.39 is 32.5 Å². The zero-order valence-electron chi connectivity index (χ0n) is 14.6. The summed E-state index contributed by atoms with van der Waals surface area (Å²) < 4.78 is 43.8. The molecule has 1 fully saturated rings. The van der Waals surface area contributed by atoms with Crippen molar-refractivity contribution in [3.63, 3.8) is 0 Å². The molecular formula is C17H20FN3O4S. The van der Waals surface area contributed by atoms with E-state index in [0.29, 0.717) is 24.9 Å². The normalized spacial score (nSPS) is 21.0. The van der Waals surface area contributed by atoms with E-state index in [9.17, 15) is 17.6 Å². The van der Waals surface area contributed by atoms with E-state index in [1.165, 1.54) is 18.2 Å². The molecule has 0 N–H and O–H groups in total. The number of hydrogen-bond donors (Lipinski definition) is 0. The summed E-state index contributed by atoms with van der Waals surface area (Å²) in [5.74, 6) is -1.44. The second-order valence-electron chi connectivity index (χ2n) is 6.86. The summed E-state index contributed by atoms with van der Waals surface area (Å²) in [6.07, 6.45) is 1.01. The van der Waals surface area contributed by atoms with E-state index in [1.807, 2.05) is 13.8 Å². The molecule has 140 valence electrons. The molecule has 1 aromatic carbocycles. The standard InChI is InChI=1S/C17H20FN3O4S/c1-11-7-12(2)9-21(8-11)15(22)10-26(23,24)17-20-19-16(25-17)13-5-3-4-6-14(13)18/h3-6,11-12H,7-10H2,1-2H3. The molecule has 0 radical (unpaired) electrons. The fourth-order valence-electron chi connectivity index (χ4n) is 3.26. The summed E-state index contributed by atoms with van der Waals surface area (Å²) >= 11 is 0. The second-order valence-corrected chi connectivity index (χ2v) is 8.72. The predicted molar refractivity (Wildman–Crippen MR) is 91.3 cm³/mol. The molecule has 1 amide bonds. The van der Waals surface area contributed by atoms with E-state index in [1.54, 1.807) is 11.0 Å². The molecule has 26 heavy (non-hydrogen) atoms. The number of sulfone groups is 1. The Morgan fingerprint density at radius 3 is 2.54 bits per heavy atom. The minimum absolute atomic E-state index is 0.00598. The number of amides is 1. The second kappa shape index (κ2) is 7.14. The van der Waals surface area contributed by atoms with Gasteiger partial charge in [-0.3, -0.25) is 4.79 Å². The average molecular weight is 381 g/mol. The first kappa shape index (κ1) is 18.5. The molecule has 0 aliphatic carbocycles. The first-order valence-corrected chi connectivity index (χ1v) is 10.0. The largest absolute Gasteiger partial charge is 0.408 e. The van der Waals surface area contributed by atoms with Gasteiger partial charge in [0.1, 0.15) is 11.6 Å². The molecule has 0 spiro atoms. The van der Waals surface area contributed by atoms with Gasteiger partial charge < -0.3 is 9.32 Å². The smallest absolute Gasteiger partial charge is 0.336 e. The SMILES string of the molecule is CC1CC(C)CN(C(=O)CS(=O)(=O)c2nnc(-c3ccccc3F)o2)C1. The Morgan fingerprint density at radius 1 is 1.23 bits per heavy atom. The summed E-state index contributed by atoms with van der Waals surface area (Å²) in [5, 5.41) is 6.41. The molecule has 7 nitrogen and oxygen atoms in total. The van der Waals surface area contributed by atoms with Crippen LogP contribution in [-0.4, -0.2) is 48.3 Å². The number of aromatic nitrogens is 2. The minimum Gasteiger partial charge on any atom is -0.408 e. The monoisotopic (exact) mass is 381 g/mol. The van der Waals surface area contributed by atoms with Gasteiger partial charge in [-0.05, 0) is 30.4 Å². The first-order chi connectivity index (χ1) is 12.3. The van der Waals surface area contributed by atoms with Gasteiger partial charge in [-0.1, -0.05) is 31.1 Å². The number of nitrogens with zero attached hydrogens (tertiary/aromatic N) is 3. The molecular weight excluding hydrogens is 361 g/mol. The number of piperidine rings is 1. The summed E-state index contributed by atoms with van der Waals surface area (Å²) in [6.45, 7) is 5.12. The minimum atomic E-state index is -4.10. The van der Waals surface area contributed by atoms with Crippen molar-refractivity contribution < 1.29 is 22.0 Å². The van der Waals surface area contributed by atoms with Crippen LogP contribution in [0.3, 0.4) is 0 Å². The maximum Gasteiger partial charge on any atom is 0.336 e. The Kier molecular flexibility index (Phi) is 5.08. The van der Waals surface area contributed by atoms with Gasteiger partial charge in [0.15, 0.2) is 0 Å². The number of rotatable bonds is 4. The third-order valence-electron chi connectivity index (χ3n) is 4.31. The third-order valence-corrected chi connectivity index (χ3v) is 5.64. The lowest BCUT2D eigenvalue weighted by Crippen LogP contribution is -2.44. The van der Waals surface area contributed by atoms with Gasteiger partial charge in [0.25, 0.3) is 5.89 Å². The van der Waals surface area contributed by atoms with Crippen LogP contribution in [0.2, 0.25) is 0 Å². The molecule has 2 unspecified atom stereocenters. The Labute approximate surface area is 151 Å². The molecule has 2 aromatic rings. The van der Waals surface area contributed by atoms with Crippen LogP contribution in [-0.2, 0) is 14.6 Å². The van der Waals surface area contributed by atoms with E-state index in [-0.39, 0.29) is 11.5 Å². The van der Waals surface area contributed by atoms with Crippen molar-refractivity contribution in [3.8, 4) is 11.5 Å². The zero-order chi connectivity index (χ0) is 18.9. The topological polar surface area (TPSA) is 93.4 Å². The van der Waals surface area contributed by atoms with Crippen LogP contribution in [0.5, 0.6) is 0 Å². The Bertz CT molecular complexity index is 902. The molecule has 9 heteroatoms. The molecule has 2 atom stereocenters. The van der Waals surface area contributed by atoms with E-state index in [4.69, 9.17) is 4.42 Å². The molecule has 1 aliphatic heterocycles. The summed E-state index contributed by atoms with van der Waals surface area (Å²) in [6, 6.07) is 5.67. The number of likely N-dealkylation sites (tertiary alicyclic amines) is 1. The van der Waals surface area contributed by atoms with Crippen LogP contribution in [0.1, 0.15) is 20.3 Å². The maximum absolute atomic E-state index is 13.8. The lowest BCUT2D eigenvalue weighted by molar-refractivity contribution is -0.131. The number of carbonyl (C=O) groups is 1. The van der Waals surface area contributed by atoms with Gasteiger partial charge in [-0.15, -0.1) is 5.10 Å². The molecule has 1 aliphatic rings. The lowest BCUT2D eigenvalue weighted by Gasteiger charge is -2.34. The zero-order valence-corrected chi connectivity index (χ0v) is 15.4. The van der Waals surface area contributed by atoms with Crippen molar-refractivity contribution in [1.29, 1.82) is 0 Å². The molecule has 3 rings (SSSR count). The van der Waals surface area contributed by atoms with Gasteiger partial charge in [0.2, 0.25) is 15.7 Å². The van der Waals surface area contributed by atoms with Crippen LogP contribution in [0.4, 0.5) is 4.39 Å². The summed E-state index contributed by atoms with van der Waals surface area (Å²) in [7, 11) is -4.10. The highest BCUT2D eigenvalue weighted by Crippen LogP contribution is 2.24. The van der Waals surface area contributed by atoms with Crippen molar-refractivity contribution >= 4 is 15.7 Å². The number of halogens is 1. The first-order valence-electron chi connectivity index (χ1n) is 8.35. The quantitative estimate of drug-likeness (QED) is 0.806. The van der Waals surface area contributed by atoms with Crippen LogP contribution < -0.4 is 0 Å². The van der Waals surface area contributed by atoms with Gasteiger partial charge >= 0.3 is 5.22 Å². The van der Waals surface area contributed by atoms with E-state index >= 15 is 0 Å². The number of carbonyl (C=O) groups excluding carboxylic acids is 1. The van der Waals surface area contributed by atoms with Crippen molar-refractivity contribution in [1.82, 2.24) is 15.1 Å². The molecule has 1 aromatic heterocycles. The van der Waals surface area contributed by atoms with Crippen molar-refractivity contribution in [2.24, 2.45) is 11.8 Å². The fraction of sp³-hybridized carbons (Fsp3) is 0.471. The molecule has 1 saturated heterocycles. The highest BCUT2D eigenvalue weighted by Gasteiger charge is 2.32. The van der Waals surface area contributed by atoms with Crippen molar-refractivity contribution in [3.05, 3.63) is 30.1 Å². The average Bonchev–Trinajstić information content (AvgIpc) is 3.04. The predicted octanol–water partition coefficient (Wildman–Crippen LogP) is 2.15. The van der Waals surface area contributed by atoms with Crippen molar-refractivity contribution in [2.75, 3.05) is 18.8 Å². The Balaban J connectivity index is 1.77. The molecule has 2 heterocycles. The third kappa shape index (κ3) is 3.92. The fourth-order valence-corrected chi connectivity index (χ4v) is 4.26. The van der Waals surface area contributed by atoms with Crippen molar-refractivity contribution in [2.45, 2.75) is 25.5 Å². The summed E-state index contributed by atoms with van der Waals surface area (Å²) in [5.41, 5.74) is 0.00598. The van der Waals surface area contributed by atoms with Gasteiger partial charge in [-0.2, -0.15) is 0 Å². The maximum atomic E-state index is 13.8. The Hall–Kier alpha value is -2.29. The van der Waals surface area contributed by atoms with Gasteiger partial charge in [-0.25, -0.2) is 12.8 Å². The van der Waals surface area contributed by atoms with Gasteiger partial charge in [0, 0.05) is 13.1 Å². The Morgan fingerprint density at radius 2 is 1.88 bits per heavy atom. The van der Waals surface area contributed by atoms with E-state index in [2.05, 4.69) is 10.2 Å². The highest BCUT2D eigenvalue weighted by molar-refractivity contribution is 7.91. The molecule has 0 bridgehead atoms. The van der Waals surface area contributed by atoms with Crippen LogP contribution >= 0.6 is 0 Å². The van der Waals surface area contributed by atoms with Crippen LogP contribution in [0.25, 0.3) is 11.5 Å². The van der Waals surface area contributed by atoms with E-state index in [0.717, 1.165) is 6.42 Å². The lowest BCUT2D eigenvalue weighted by atomic mass is 9.92. The number of hydrogen-bond acceptors (Lipinski definition) is 6.